The van der Waals surface area contributed by atoms with E-state index in [1.165, 1.54) is 14.2 Å². The van der Waals surface area contributed by atoms with Gasteiger partial charge < -0.3 is 29.4 Å². The number of amides is 1. The second kappa shape index (κ2) is 7.22. The molecule has 7 heteroatoms. The summed E-state index contributed by atoms with van der Waals surface area (Å²) >= 11 is 0. The van der Waals surface area contributed by atoms with E-state index >= 15 is 0 Å². The Morgan fingerprint density at radius 2 is 1.84 bits per heavy atom. The SMILES string of the molecule is COc1ccc(NC(=O)COCC(=O)[O-])cc1OC. The second-order valence-electron chi connectivity index (χ2n) is 3.48. The highest BCUT2D eigenvalue weighted by molar-refractivity contribution is 5.92. The minimum atomic E-state index is -1.38. The summed E-state index contributed by atoms with van der Waals surface area (Å²) in [5.74, 6) is -0.850. The maximum absolute atomic E-state index is 11.4. The molecule has 0 aliphatic rings. The Balaban J connectivity index is 2.57. The summed E-state index contributed by atoms with van der Waals surface area (Å²) in [6, 6.07) is 4.84. The fourth-order valence-electron chi connectivity index (χ4n) is 1.34. The molecule has 1 aromatic rings. The summed E-state index contributed by atoms with van der Waals surface area (Å²) in [4.78, 5) is 21.5. The number of hydrogen-bond acceptors (Lipinski definition) is 6. The molecule has 104 valence electrons. The van der Waals surface area contributed by atoms with Crippen LogP contribution in [-0.4, -0.2) is 39.3 Å². The highest BCUT2D eigenvalue weighted by Gasteiger charge is 2.07. The third-order valence-electron chi connectivity index (χ3n) is 2.12. The van der Waals surface area contributed by atoms with Crippen molar-refractivity contribution in [3.8, 4) is 11.5 Å². The predicted molar refractivity (Wildman–Crippen MR) is 64.0 cm³/mol. The zero-order valence-electron chi connectivity index (χ0n) is 10.6. The van der Waals surface area contributed by atoms with Crippen LogP contribution < -0.4 is 19.9 Å². The van der Waals surface area contributed by atoms with Gasteiger partial charge in [0.1, 0.15) is 6.61 Å². The average molecular weight is 268 g/mol. The fraction of sp³-hybridized carbons (Fsp3) is 0.333. The van der Waals surface area contributed by atoms with E-state index in [0.717, 1.165) is 0 Å². The van der Waals surface area contributed by atoms with Crippen molar-refractivity contribution >= 4 is 17.6 Å². The van der Waals surface area contributed by atoms with Crippen molar-refractivity contribution in [3.63, 3.8) is 0 Å². The number of carboxylic acids is 1. The summed E-state index contributed by atoms with van der Waals surface area (Å²) in [6.07, 6.45) is 0. The molecule has 0 aliphatic heterocycles. The van der Waals surface area contributed by atoms with Gasteiger partial charge in [0.05, 0.1) is 26.8 Å². The molecule has 7 nitrogen and oxygen atoms in total. The number of aliphatic carboxylic acids is 1. The van der Waals surface area contributed by atoms with Gasteiger partial charge in [-0.25, -0.2) is 0 Å². The molecule has 1 rings (SSSR count). The van der Waals surface area contributed by atoms with Crippen LogP contribution in [0.5, 0.6) is 11.5 Å². The number of ether oxygens (including phenoxy) is 3. The molecule has 1 aromatic carbocycles. The molecule has 0 aliphatic carbocycles. The summed E-state index contributed by atoms with van der Waals surface area (Å²) in [5, 5.41) is 12.6. The van der Waals surface area contributed by atoms with Crippen molar-refractivity contribution in [2.45, 2.75) is 0 Å². The van der Waals surface area contributed by atoms with E-state index in [1.54, 1.807) is 18.2 Å². The molecule has 0 atom stereocenters. The summed E-state index contributed by atoms with van der Waals surface area (Å²) < 4.78 is 14.7. The van der Waals surface area contributed by atoms with Gasteiger partial charge in [0.25, 0.3) is 0 Å². The first-order chi connectivity index (χ1) is 9.06. The molecule has 0 spiro atoms. The molecular formula is C12H14NO6-. The fourth-order valence-corrected chi connectivity index (χ4v) is 1.34. The minimum absolute atomic E-state index is 0.373. The Hall–Kier alpha value is -2.28. The van der Waals surface area contributed by atoms with Crippen LogP contribution >= 0.6 is 0 Å². The van der Waals surface area contributed by atoms with E-state index in [4.69, 9.17) is 9.47 Å². The number of carboxylic acid groups (broad SMARTS) is 1. The highest BCUT2D eigenvalue weighted by Crippen LogP contribution is 2.29. The van der Waals surface area contributed by atoms with E-state index in [0.29, 0.717) is 17.2 Å². The molecule has 19 heavy (non-hydrogen) atoms. The van der Waals surface area contributed by atoms with Crippen LogP contribution in [0, 0.1) is 0 Å². The van der Waals surface area contributed by atoms with Gasteiger partial charge in [0, 0.05) is 11.8 Å². The molecule has 0 fully saturated rings. The lowest BCUT2D eigenvalue weighted by molar-refractivity contribution is -0.309. The van der Waals surface area contributed by atoms with E-state index in [2.05, 4.69) is 10.1 Å². The zero-order valence-corrected chi connectivity index (χ0v) is 10.6. The lowest BCUT2D eigenvalue weighted by atomic mass is 10.2. The van der Waals surface area contributed by atoms with Gasteiger partial charge in [-0.3, -0.25) is 4.79 Å². The maximum Gasteiger partial charge on any atom is 0.250 e. The van der Waals surface area contributed by atoms with Gasteiger partial charge in [0.15, 0.2) is 11.5 Å². The van der Waals surface area contributed by atoms with Gasteiger partial charge in [0.2, 0.25) is 5.91 Å². The molecule has 0 saturated heterocycles. The van der Waals surface area contributed by atoms with Gasteiger partial charge >= 0.3 is 0 Å². The largest absolute Gasteiger partial charge is 0.548 e. The Labute approximate surface area is 110 Å². The maximum atomic E-state index is 11.4. The molecule has 0 bridgehead atoms. The van der Waals surface area contributed by atoms with Crippen LogP contribution in [0.1, 0.15) is 0 Å². The Bertz CT molecular complexity index is 460. The topological polar surface area (TPSA) is 96.9 Å². The number of anilines is 1. The van der Waals surface area contributed by atoms with Crippen LogP contribution in [0.3, 0.4) is 0 Å². The number of hydrogen-bond donors (Lipinski definition) is 1. The van der Waals surface area contributed by atoms with Gasteiger partial charge in [-0.05, 0) is 12.1 Å². The average Bonchev–Trinajstić information content (AvgIpc) is 2.38. The standard InChI is InChI=1S/C12H15NO6/c1-17-9-4-3-8(5-10(9)18-2)13-11(14)6-19-7-12(15)16/h3-5H,6-7H2,1-2H3,(H,13,14)(H,15,16)/p-1. The lowest BCUT2D eigenvalue weighted by Crippen LogP contribution is -2.29. The van der Waals surface area contributed by atoms with Crippen molar-refractivity contribution in [2.24, 2.45) is 0 Å². The highest BCUT2D eigenvalue weighted by atomic mass is 16.5. The second-order valence-corrected chi connectivity index (χ2v) is 3.48. The Morgan fingerprint density at radius 3 is 2.42 bits per heavy atom. The Morgan fingerprint density at radius 1 is 1.16 bits per heavy atom. The molecule has 0 aromatic heterocycles. The summed E-state index contributed by atoms with van der Waals surface area (Å²) in [5.41, 5.74) is 0.486. The lowest BCUT2D eigenvalue weighted by Gasteiger charge is -2.10. The number of nitrogens with one attached hydrogen (secondary N) is 1. The predicted octanol–water partition coefficient (Wildman–Crippen LogP) is -0.591. The molecule has 0 unspecified atom stereocenters. The normalized spacial score (nSPS) is 9.79. The van der Waals surface area contributed by atoms with Crippen molar-refractivity contribution < 1.29 is 28.9 Å². The van der Waals surface area contributed by atoms with Crippen molar-refractivity contribution in [1.82, 2.24) is 0 Å². The first-order valence-corrected chi connectivity index (χ1v) is 5.36. The van der Waals surface area contributed by atoms with Gasteiger partial charge in [-0.1, -0.05) is 0 Å². The first kappa shape index (κ1) is 14.8. The summed E-state index contributed by atoms with van der Waals surface area (Å²) in [6.45, 7) is -0.998. The van der Waals surface area contributed by atoms with Crippen LogP contribution in [0.15, 0.2) is 18.2 Å². The number of carbonyl (C=O) groups excluding carboxylic acids is 2. The van der Waals surface area contributed by atoms with Crippen molar-refractivity contribution in [2.75, 3.05) is 32.8 Å². The number of benzene rings is 1. The van der Waals surface area contributed by atoms with E-state index < -0.39 is 18.5 Å². The molecule has 0 heterocycles. The first-order valence-electron chi connectivity index (χ1n) is 5.36. The minimum Gasteiger partial charge on any atom is -0.548 e. The van der Waals surface area contributed by atoms with Crippen molar-refractivity contribution in [1.29, 1.82) is 0 Å². The van der Waals surface area contributed by atoms with Crippen molar-refractivity contribution in [3.05, 3.63) is 18.2 Å². The Kier molecular flexibility index (Phi) is 5.62. The molecule has 1 N–H and O–H groups in total. The van der Waals surface area contributed by atoms with E-state index in [9.17, 15) is 14.7 Å². The quantitative estimate of drug-likeness (QED) is 0.710. The van der Waals surface area contributed by atoms with Crippen LogP contribution in [0.4, 0.5) is 5.69 Å². The third kappa shape index (κ3) is 4.84. The number of carbonyl (C=O) groups is 2. The third-order valence-corrected chi connectivity index (χ3v) is 2.12. The zero-order chi connectivity index (χ0) is 14.3. The van der Waals surface area contributed by atoms with Crippen LogP contribution in [0.25, 0.3) is 0 Å². The van der Waals surface area contributed by atoms with Gasteiger partial charge in [-0.15, -0.1) is 0 Å². The molecule has 0 saturated carbocycles. The number of methoxy groups -OCH3 is 2. The molecule has 0 radical (unpaired) electrons. The van der Waals surface area contributed by atoms with Crippen LogP contribution in [0.2, 0.25) is 0 Å². The van der Waals surface area contributed by atoms with Gasteiger partial charge in [-0.2, -0.15) is 0 Å². The monoisotopic (exact) mass is 268 g/mol. The van der Waals surface area contributed by atoms with E-state index in [-0.39, 0.29) is 6.61 Å². The number of rotatable bonds is 7. The smallest absolute Gasteiger partial charge is 0.250 e. The molecular weight excluding hydrogens is 254 g/mol. The summed E-state index contributed by atoms with van der Waals surface area (Å²) in [7, 11) is 2.98. The molecule has 1 amide bonds. The van der Waals surface area contributed by atoms with Crippen LogP contribution in [-0.2, 0) is 14.3 Å². The van der Waals surface area contributed by atoms with E-state index in [1.807, 2.05) is 0 Å².